The number of piperidine rings is 1. The molecule has 1 heterocycles. The van der Waals surface area contributed by atoms with Gasteiger partial charge < -0.3 is 4.55 Å². The summed E-state index contributed by atoms with van der Waals surface area (Å²) in [7, 11) is -2.04. The summed E-state index contributed by atoms with van der Waals surface area (Å²) in [5.74, 6) is -0.388. The second-order valence-electron chi connectivity index (χ2n) is 4.10. The first kappa shape index (κ1) is 11.7. The molecule has 4 nitrogen and oxygen atoms in total. The van der Waals surface area contributed by atoms with Gasteiger partial charge in [-0.05, 0) is 25.3 Å². The normalized spacial score (nSPS) is 22.7. The molecule has 0 bridgehead atoms. The molecule has 1 saturated heterocycles. The van der Waals surface area contributed by atoms with Crippen molar-refractivity contribution in [3.05, 3.63) is 12.3 Å². The SMILES string of the molecule is C[N+]1(/C=C/CS(=O)(=O)[O-])CCCCC1. The fourth-order valence-corrected chi connectivity index (χ4v) is 2.12. The molecule has 1 aliphatic heterocycles. The number of rotatable bonds is 3. The van der Waals surface area contributed by atoms with Gasteiger partial charge in [-0.3, -0.25) is 4.48 Å². The maximum absolute atomic E-state index is 10.4. The molecule has 0 unspecified atom stereocenters. The van der Waals surface area contributed by atoms with Crippen molar-refractivity contribution in [1.29, 1.82) is 0 Å². The van der Waals surface area contributed by atoms with Gasteiger partial charge in [0.25, 0.3) is 0 Å². The summed E-state index contributed by atoms with van der Waals surface area (Å²) < 4.78 is 31.9. The molecule has 0 aromatic heterocycles. The quantitative estimate of drug-likeness (QED) is 0.518. The Kier molecular flexibility index (Phi) is 3.69. The van der Waals surface area contributed by atoms with Crippen molar-refractivity contribution in [2.75, 3.05) is 25.9 Å². The lowest BCUT2D eigenvalue weighted by molar-refractivity contribution is -0.864. The maximum Gasteiger partial charge on any atom is 0.0984 e. The third kappa shape index (κ3) is 4.21. The van der Waals surface area contributed by atoms with Crippen LogP contribution in [0.2, 0.25) is 0 Å². The van der Waals surface area contributed by atoms with Crippen LogP contribution < -0.4 is 0 Å². The van der Waals surface area contributed by atoms with Gasteiger partial charge in [-0.25, -0.2) is 8.42 Å². The molecule has 1 fully saturated rings. The maximum atomic E-state index is 10.4. The van der Waals surface area contributed by atoms with Crippen molar-refractivity contribution in [3.63, 3.8) is 0 Å². The van der Waals surface area contributed by atoms with Crippen LogP contribution in [0, 0.1) is 0 Å². The number of likely N-dealkylation sites (tertiary alicyclic amines) is 1. The molecule has 0 aliphatic carbocycles. The zero-order chi connectivity index (χ0) is 10.7. The van der Waals surface area contributed by atoms with Crippen LogP contribution in [0.3, 0.4) is 0 Å². The molecular weight excluding hydrogens is 202 g/mol. The van der Waals surface area contributed by atoms with E-state index in [1.54, 1.807) is 0 Å². The van der Waals surface area contributed by atoms with E-state index in [9.17, 15) is 13.0 Å². The minimum atomic E-state index is -4.10. The van der Waals surface area contributed by atoms with Crippen LogP contribution in [0.25, 0.3) is 0 Å². The lowest BCUT2D eigenvalue weighted by Gasteiger charge is -2.33. The summed E-state index contributed by atoms with van der Waals surface area (Å²) in [6.07, 6.45) is 6.92. The molecule has 0 N–H and O–H groups in total. The van der Waals surface area contributed by atoms with E-state index in [2.05, 4.69) is 7.05 Å². The van der Waals surface area contributed by atoms with Gasteiger partial charge in [-0.15, -0.1) is 0 Å². The molecule has 82 valence electrons. The Balaban J connectivity index is 2.49. The summed E-state index contributed by atoms with van der Waals surface area (Å²) >= 11 is 0. The molecular formula is C9H17NO3S. The number of hydrogen-bond acceptors (Lipinski definition) is 3. The molecule has 0 saturated carbocycles. The Morgan fingerprint density at radius 3 is 2.36 bits per heavy atom. The van der Waals surface area contributed by atoms with Gasteiger partial charge in [0.15, 0.2) is 0 Å². The van der Waals surface area contributed by atoms with E-state index in [0.717, 1.165) is 17.6 Å². The Bertz CT molecular complexity index is 302. The third-order valence-corrected chi connectivity index (χ3v) is 3.20. The molecule has 14 heavy (non-hydrogen) atoms. The van der Waals surface area contributed by atoms with E-state index in [-0.39, 0.29) is 5.75 Å². The van der Waals surface area contributed by atoms with Crippen molar-refractivity contribution in [3.8, 4) is 0 Å². The standard InChI is InChI=1S/C9H17NO3S/c1-10(6-3-2-4-7-10)8-5-9-14(11,12)13/h5,8H,2-4,6-7,9H2,1H3/b8-5+. The number of quaternary nitrogens is 1. The summed E-state index contributed by atoms with van der Waals surface area (Å²) in [6.45, 7) is 2.07. The van der Waals surface area contributed by atoms with E-state index in [0.29, 0.717) is 0 Å². The predicted molar refractivity (Wildman–Crippen MR) is 53.5 cm³/mol. The van der Waals surface area contributed by atoms with E-state index in [1.807, 2.05) is 6.20 Å². The summed E-state index contributed by atoms with van der Waals surface area (Å²) in [4.78, 5) is 0. The second-order valence-corrected chi connectivity index (χ2v) is 5.55. The van der Waals surface area contributed by atoms with Gasteiger partial charge in [0.2, 0.25) is 0 Å². The molecule has 0 aromatic rings. The zero-order valence-corrected chi connectivity index (χ0v) is 9.29. The smallest absolute Gasteiger partial charge is 0.0984 e. The van der Waals surface area contributed by atoms with E-state index < -0.39 is 10.1 Å². The first-order chi connectivity index (χ1) is 6.41. The van der Waals surface area contributed by atoms with Crippen LogP contribution >= 0.6 is 0 Å². The Morgan fingerprint density at radius 2 is 1.86 bits per heavy atom. The average molecular weight is 219 g/mol. The van der Waals surface area contributed by atoms with Gasteiger partial charge in [0, 0.05) is 0 Å². The molecule has 5 heteroatoms. The van der Waals surface area contributed by atoms with Crippen molar-refractivity contribution in [1.82, 2.24) is 0 Å². The first-order valence-electron chi connectivity index (χ1n) is 4.87. The Labute approximate surface area is 85.6 Å². The number of hydrogen-bond donors (Lipinski definition) is 0. The van der Waals surface area contributed by atoms with Gasteiger partial charge in [0.1, 0.15) is 0 Å². The lowest BCUT2D eigenvalue weighted by atomic mass is 10.1. The van der Waals surface area contributed by atoms with Gasteiger partial charge in [-0.1, -0.05) is 0 Å². The highest BCUT2D eigenvalue weighted by Crippen LogP contribution is 2.16. The van der Waals surface area contributed by atoms with Crippen molar-refractivity contribution in [2.45, 2.75) is 19.3 Å². The van der Waals surface area contributed by atoms with Gasteiger partial charge in [-0.2, -0.15) is 0 Å². The van der Waals surface area contributed by atoms with Gasteiger partial charge in [0.05, 0.1) is 42.2 Å². The van der Waals surface area contributed by atoms with Gasteiger partial charge >= 0.3 is 0 Å². The van der Waals surface area contributed by atoms with Crippen LogP contribution in [-0.4, -0.2) is 43.3 Å². The molecule has 0 aromatic carbocycles. The van der Waals surface area contributed by atoms with Crippen LogP contribution in [0.5, 0.6) is 0 Å². The highest BCUT2D eigenvalue weighted by molar-refractivity contribution is 7.85. The minimum Gasteiger partial charge on any atom is -0.748 e. The molecule has 0 spiro atoms. The summed E-state index contributed by atoms with van der Waals surface area (Å²) in [5, 5.41) is 0. The Morgan fingerprint density at radius 1 is 1.29 bits per heavy atom. The third-order valence-electron chi connectivity index (χ3n) is 2.60. The monoisotopic (exact) mass is 219 g/mol. The molecule has 1 aliphatic rings. The fourth-order valence-electron chi connectivity index (χ4n) is 1.80. The molecule has 1 rings (SSSR count). The summed E-state index contributed by atoms with van der Waals surface area (Å²) in [6, 6.07) is 0. The molecule has 0 atom stereocenters. The van der Waals surface area contributed by atoms with E-state index >= 15 is 0 Å². The van der Waals surface area contributed by atoms with Crippen molar-refractivity contribution >= 4 is 10.1 Å². The van der Waals surface area contributed by atoms with Crippen molar-refractivity contribution < 1.29 is 17.5 Å². The second kappa shape index (κ2) is 4.42. The van der Waals surface area contributed by atoms with Crippen LogP contribution in [0.15, 0.2) is 12.3 Å². The topological polar surface area (TPSA) is 57.2 Å². The summed E-state index contributed by atoms with van der Waals surface area (Å²) in [5.41, 5.74) is 0. The van der Waals surface area contributed by atoms with Crippen molar-refractivity contribution in [2.24, 2.45) is 0 Å². The highest BCUT2D eigenvalue weighted by atomic mass is 32.2. The Hall–Kier alpha value is -0.390. The zero-order valence-electron chi connectivity index (χ0n) is 8.48. The van der Waals surface area contributed by atoms with Crippen LogP contribution in [0.1, 0.15) is 19.3 Å². The molecule has 0 amide bonds. The first-order valence-corrected chi connectivity index (χ1v) is 6.45. The average Bonchev–Trinajstić information content (AvgIpc) is 2.02. The predicted octanol–water partition coefficient (Wildman–Crippen LogP) is 0.676. The largest absolute Gasteiger partial charge is 0.748 e. The highest BCUT2D eigenvalue weighted by Gasteiger charge is 2.21. The van der Waals surface area contributed by atoms with Crippen LogP contribution in [0.4, 0.5) is 0 Å². The minimum absolute atomic E-state index is 0.388. The van der Waals surface area contributed by atoms with Crippen LogP contribution in [-0.2, 0) is 10.1 Å². The molecule has 0 radical (unpaired) electrons. The fraction of sp³-hybridized carbons (Fsp3) is 0.778. The number of nitrogens with zero attached hydrogens (tertiary/aromatic N) is 1. The van der Waals surface area contributed by atoms with E-state index in [4.69, 9.17) is 0 Å². The lowest BCUT2D eigenvalue weighted by Crippen LogP contribution is -2.42. The van der Waals surface area contributed by atoms with E-state index in [1.165, 1.54) is 25.3 Å².